The summed E-state index contributed by atoms with van der Waals surface area (Å²) in [7, 11) is 1.53. The van der Waals surface area contributed by atoms with Gasteiger partial charge in [0.15, 0.2) is 0 Å². The minimum atomic E-state index is -0.561. The molecule has 0 aliphatic rings. The number of nitrogens with one attached hydrogen (secondary N) is 2. The molecule has 9 nitrogen and oxygen atoms in total. The molecule has 0 bridgehead atoms. The number of nitro groups is 1. The van der Waals surface area contributed by atoms with Gasteiger partial charge >= 0.3 is 0 Å². The number of nitrogens with zero attached hydrogens (tertiary/aromatic N) is 2. The number of amides is 2. The van der Waals surface area contributed by atoms with Gasteiger partial charge in [-0.2, -0.15) is 5.10 Å². The second-order valence-electron chi connectivity index (χ2n) is 5.02. The Morgan fingerprint density at radius 2 is 1.88 bits per heavy atom. The fraction of sp³-hybridized carbons (Fsp3) is 0.118. The van der Waals surface area contributed by atoms with Crippen molar-refractivity contribution >= 4 is 23.7 Å². The van der Waals surface area contributed by atoms with Gasteiger partial charge in [0, 0.05) is 23.3 Å². The molecule has 26 heavy (non-hydrogen) atoms. The number of hydrogen-bond donors (Lipinski definition) is 2. The van der Waals surface area contributed by atoms with Gasteiger partial charge in [-0.05, 0) is 24.3 Å². The monoisotopic (exact) mass is 356 g/mol. The summed E-state index contributed by atoms with van der Waals surface area (Å²) in [5.41, 5.74) is 3.06. The molecule has 2 N–H and O–H groups in total. The van der Waals surface area contributed by atoms with Crippen LogP contribution in [0.3, 0.4) is 0 Å². The summed E-state index contributed by atoms with van der Waals surface area (Å²) in [6.07, 6.45) is 1.43. The van der Waals surface area contributed by atoms with E-state index in [2.05, 4.69) is 15.8 Å². The standard InChI is InChI=1S/C17H16N4O5/c1-26-15-5-3-2-4-13(15)10-19-20-16(22)11-18-17(23)12-6-8-14(9-7-12)21(24)25/h2-10H,11H2,1H3,(H,18,23)(H,20,22)/b19-10-. The van der Waals surface area contributed by atoms with Crippen LogP contribution in [0.5, 0.6) is 5.75 Å². The first-order chi connectivity index (χ1) is 12.5. The largest absolute Gasteiger partial charge is 0.496 e. The zero-order valence-electron chi connectivity index (χ0n) is 13.8. The third-order valence-corrected chi connectivity index (χ3v) is 3.28. The van der Waals surface area contributed by atoms with Gasteiger partial charge in [-0.1, -0.05) is 12.1 Å². The molecule has 0 aliphatic heterocycles. The lowest BCUT2D eigenvalue weighted by atomic mass is 10.2. The first-order valence-corrected chi connectivity index (χ1v) is 7.49. The van der Waals surface area contributed by atoms with Crippen molar-refractivity contribution in [3.05, 3.63) is 69.8 Å². The van der Waals surface area contributed by atoms with E-state index in [1.165, 1.54) is 37.6 Å². The van der Waals surface area contributed by atoms with Crippen molar-refractivity contribution in [2.45, 2.75) is 0 Å². The number of hydrogen-bond acceptors (Lipinski definition) is 6. The molecule has 2 rings (SSSR count). The number of carbonyl (C=O) groups is 2. The molecule has 0 saturated heterocycles. The number of methoxy groups -OCH3 is 1. The van der Waals surface area contributed by atoms with Crippen molar-refractivity contribution in [3.63, 3.8) is 0 Å². The van der Waals surface area contributed by atoms with E-state index in [4.69, 9.17) is 4.74 Å². The molecule has 0 heterocycles. The van der Waals surface area contributed by atoms with Crippen LogP contribution in [0.1, 0.15) is 15.9 Å². The molecule has 2 aromatic rings. The van der Waals surface area contributed by atoms with Gasteiger partial charge in [-0.25, -0.2) is 5.43 Å². The molecule has 2 aromatic carbocycles. The molecule has 0 fully saturated rings. The summed E-state index contributed by atoms with van der Waals surface area (Å²) >= 11 is 0. The van der Waals surface area contributed by atoms with Crippen LogP contribution >= 0.6 is 0 Å². The first kappa shape index (κ1) is 18.6. The fourth-order valence-corrected chi connectivity index (χ4v) is 1.98. The molecule has 0 radical (unpaired) electrons. The molecule has 0 aromatic heterocycles. The van der Waals surface area contributed by atoms with Gasteiger partial charge in [-0.3, -0.25) is 19.7 Å². The fourth-order valence-electron chi connectivity index (χ4n) is 1.98. The second kappa shape index (κ2) is 8.92. The van der Waals surface area contributed by atoms with Crippen LogP contribution < -0.4 is 15.5 Å². The SMILES string of the molecule is COc1ccccc1/C=N\NC(=O)CNC(=O)c1ccc([N+](=O)[O-])cc1. The summed E-state index contributed by atoms with van der Waals surface area (Å²) in [4.78, 5) is 33.6. The number of rotatable bonds is 7. The van der Waals surface area contributed by atoms with Crippen molar-refractivity contribution in [2.24, 2.45) is 5.10 Å². The van der Waals surface area contributed by atoms with Gasteiger partial charge in [0.05, 0.1) is 24.8 Å². The second-order valence-corrected chi connectivity index (χ2v) is 5.02. The summed E-state index contributed by atoms with van der Waals surface area (Å²) in [6.45, 7) is -0.293. The zero-order chi connectivity index (χ0) is 18.9. The van der Waals surface area contributed by atoms with Crippen LogP contribution in [0.15, 0.2) is 53.6 Å². The van der Waals surface area contributed by atoms with Crippen LogP contribution in [0.25, 0.3) is 0 Å². The maximum atomic E-state index is 11.9. The molecule has 0 saturated carbocycles. The minimum Gasteiger partial charge on any atom is -0.496 e. The van der Waals surface area contributed by atoms with Crippen LogP contribution in [0.4, 0.5) is 5.69 Å². The highest BCUT2D eigenvalue weighted by Crippen LogP contribution is 2.14. The molecule has 0 atom stereocenters. The predicted molar refractivity (Wildman–Crippen MR) is 94.2 cm³/mol. The number of carbonyl (C=O) groups excluding carboxylic acids is 2. The van der Waals surface area contributed by atoms with Crippen molar-refractivity contribution in [2.75, 3.05) is 13.7 Å². The molecule has 134 valence electrons. The molecule has 0 aliphatic carbocycles. The predicted octanol–water partition coefficient (Wildman–Crippen LogP) is 1.48. The van der Waals surface area contributed by atoms with E-state index in [1.807, 2.05) is 6.07 Å². The highest BCUT2D eigenvalue weighted by molar-refractivity contribution is 5.96. The Morgan fingerprint density at radius 1 is 1.19 bits per heavy atom. The Hall–Kier alpha value is -3.75. The number of nitro benzene ring substituents is 1. The third-order valence-electron chi connectivity index (χ3n) is 3.28. The summed E-state index contributed by atoms with van der Waals surface area (Å²) in [5, 5.41) is 16.8. The summed E-state index contributed by atoms with van der Waals surface area (Å²) in [5.74, 6) is -0.438. The van der Waals surface area contributed by atoms with E-state index in [0.29, 0.717) is 11.3 Å². The highest BCUT2D eigenvalue weighted by Gasteiger charge is 2.10. The number of para-hydroxylation sites is 1. The van der Waals surface area contributed by atoms with E-state index >= 15 is 0 Å². The molecule has 2 amide bonds. The van der Waals surface area contributed by atoms with Crippen molar-refractivity contribution < 1.29 is 19.2 Å². The van der Waals surface area contributed by atoms with E-state index < -0.39 is 16.7 Å². The van der Waals surface area contributed by atoms with Gasteiger partial charge in [0.25, 0.3) is 17.5 Å². The lowest BCUT2D eigenvalue weighted by Gasteiger charge is -2.05. The van der Waals surface area contributed by atoms with Crippen LogP contribution in [0, 0.1) is 10.1 Å². The Bertz CT molecular complexity index is 833. The number of hydrazone groups is 1. The number of ether oxygens (including phenoxy) is 1. The van der Waals surface area contributed by atoms with Crippen molar-refractivity contribution in [3.8, 4) is 5.75 Å². The lowest BCUT2D eigenvalue weighted by molar-refractivity contribution is -0.384. The normalized spacial score (nSPS) is 10.3. The van der Waals surface area contributed by atoms with Gasteiger partial charge in [0.2, 0.25) is 0 Å². The maximum Gasteiger partial charge on any atom is 0.269 e. The maximum absolute atomic E-state index is 11.9. The van der Waals surface area contributed by atoms with Gasteiger partial charge in [-0.15, -0.1) is 0 Å². The molecule has 0 unspecified atom stereocenters. The van der Waals surface area contributed by atoms with Gasteiger partial charge in [0.1, 0.15) is 5.75 Å². The molecular weight excluding hydrogens is 340 g/mol. The quantitative estimate of drug-likeness (QED) is 0.442. The van der Waals surface area contributed by atoms with Crippen molar-refractivity contribution in [1.29, 1.82) is 0 Å². The van der Waals surface area contributed by atoms with Crippen LogP contribution in [-0.2, 0) is 4.79 Å². The highest BCUT2D eigenvalue weighted by atomic mass is 16.6. The lowest BCUT2D eigenvalue weighted by Crippen LogP contribution is -2.34. The average Bonchev–Trinajstić information content (AvgIpc) is 2.66. The van der Waals surface area contributed by atoms with E-state index in [1.54, 1.807) is 18.2 Å². The smallest absolute Gasteiger partial charge is 0.269 e. The molecule has 0 spiro atoms. The Kier molecular flexibility index (Phi) is 6.38. The number of benzene rings is 2. The molecular formula is C17H16N4O5. The Labute approximate surface area is 148 Å². The van der Waals surface area contributed by atoms with Crippen LogP contribution in [-0.4, -0.2) is 36.6 Å². The summed E-state index contributed by atoms with van der Waals surface area (Å²) in [6, 6.07) is 12.2. The zero-order valence-corrected chi connectivity index (χ0v) is 13.8. The summed E-state index contributed by atoms with van der Waals surface area (Å²) < 4.78 is 5.15. The van der Waals surface area contributed by atoms with E-state index in [9.17, 15) is 19.7 Å². The molecule has 9 heteroatoms. The van der Waals surface area contributed by atoms with Gasteiger partial charge < -0.3 is 10.1 Å². The Morgan fingerprint density at radius 3 is 2.54 bits per heavy atom. The van der Waals surface area contributed by atoms with Crippen LogP contribution in [0.2, 0.25) is 0 Å². The number of non-ortho nitro benzene ring substituents is 1. The van der Waals surface area contributed by atoms with Crippen molar-refractivity contribution in [1.82, 2.24) is 10.7 Å². The van der Waals surface area contributed by atoms with E-state index in [0.717, 1.165) is 0 Å². The first-order valence-electron chi connectivity index (χ1n) is 7.49. The van der Waals surface area contributed by atoms with E-state index in [-0.39, 0.29) is 17.8 Å². The topological polar surface area (TPSA) is 123 Å². The third kappa shape index (κ3) is 5.13. The minimum absolute atomic E-state index is 0.120. The average molecular weight is 356 g/mol. The Balaban J connectivity index is 1.83.